The van der Waals surface area contributed by atoms with Crippen LogP contribution in [-0.2, 0) is 4.74 Å². The summed E-state index contributed by atoms with van der Waals surface area (Å²) < 4.78 is 17.2. The normalized spacial score (nSPS) is 17.1. The SMILES string of the molecule is CN/C=C\C(=[NH2+])NC(=O)c1cc(Oc2ncc(C(=O)N3CCC3)cc2Cl)cc(OC2CCOC2)c1. The number of ether oxygens (including phenoxy) is 3. The lowest BCUT2D eigenvalue weighted by Crippen LogP contribution is -2.49. The van der Waals surface area contributed by atoms with Gasteiger partial charge in [-0.2, -0.15) is 0 Å². The van der Waals surface area contributed by atoms with Crippen molar-refractivity contribution in [2.45, 2.75) is 18.9 Å². The van der Waals surface area contributed by atoms with Gasteiger partial charge >= 0.3 is 5.91 Å². The molecule has 2 aromatic rings. The lowest BCUT2D eigenvalue weighted by Gasteiger charge is -2.30. The molecule has 0 saturated carbocycles. The van der Waals surface area contributed by atoms with Crippen molar-refractivity contribution in [2.24, 2.45) is 0 Å². The second-order valence-electron chi connectivity index (χ2n) is 8.09. The summed E-state index contributed by atoms with van der Waals surface area (Å²) in [5.41, 5.74) is 0.652. The fourth-order valence-corrected chi connectivity index (χ4v) is 3.68. The standard InChI is InChI=1S/C24H26ClN5O5/c1-27-5-3-21(26)29-22(31)15-9-18(34-17-4-8-33-14-17)12-19(10-15)35-23-20(25)11-16(13-28-23)24(32)30-6-2-7-30/h3,5,9-13,17,27H,2,4,6-8,14H2,1H3,(H2,26,29,31)/p+1/b5-3-. The molecule has 1 unspecified atom stereocenters. The van der Waals surface area contributed by atoms with Crippen LogP contribution in [0.2, 0.25) is 5.02 Å². The molecule has 0 radical (unpaired) electrons. The molecular formula is C24H27ClN5O5+. The van der Waals surface area contributed by atoms with Crippen molar-refractivity contribution in [3.63, 3.8) is 0 Å². The number of hydrogen-bond acceptors (Lipinski definition) is 7. The van der Waals surface area contributed by atoms with Gasteiger partial charge in [0.25, 0.3) is 11.7 Å². The number of amides is 2. The Labute approximate surface area is 207 Å². The van der Waals surface area contributed by atoms with Crippen LogP contribution in [0.5, 0.6) is 17.4 Å². The third-order valence-electron chi connectivity index (χ3n) is 5.43. The van der Waals surface area contributed by atoms with Crippen LogP contribution in [0.25, 0.3) is 0 Å². The Hall–Kier alpha value is -3.63. The second kappa shape index (κ2) is 11.2. The van der Waals surface area contributed by atoms with Gasteiger partial charge in [0.15, 0.2) is 0 Å². The number of aromatic nitrogens is 1. The minimum atomic E-state index is -0.448. The molecule has 4 N–H and O–H groups in total. The monoisotopic (exact) mass is 500 g/mol. The molecule has 1 aromatic heterocycles. The number of pyridine rings is 1. The molecule has 0 bridgehead atoms. The largest absolute Gasteiger partial charge is 0.488 e. The van der Waals surface area contributed by atoms with Gasteiger partial charge in [-0.1, -0.05) is 11.6 Å². The van der Waals surface area contributed by atoms with Crippen LogP contribution >= 0.6 is 11.6 Å². The molecule has 2 fully saturated rings. The first-order valence-electron chi connectivity index (χ1n) is 11.2. The summed E-state index contributed by atoms with van der Waals surface area (Å²) in [6.45, 7) is 2.53. The van der Waals surface area contributed by atoms with Crippen molar-refractivity contribution < 1.29 is 29.2 Å². The summed E-state index contributed by atoms with van der Waals surface area (Å²) in [6, 6.07) is 6.29. The molecule has 35 heavy (non-hydrogen) atoms. The van der Waals surface area contributed by atoms with E-state index in [-0.39, 0.29) is 40.1 Å². The lowest BCUT2D eigenvalue weighted by atomic mass is 10.1. The fourth-order valence-electron chi connectivity index (χ4n) is 3.48. The summed E-state index contributed by atoms with van der Waals surface area (Å²) in [4.78, 5) is 31.2. The zero-order chi connectivity index (χ0) is 24.8. The Balaban J connectivity index is 1.56. The van der Waals surface area contributed by atoms with Crippen molar-refractivity contribution in [1.29, 1.82) is 0 Å². The van der Waals surface area contributed by atoms with Crippen LogP contribution in [0, 0.1) is 0 Å². The van der Waals surface area contributed by atoms with E-state index in [4.69, 9.17) is 31.2 Å². The third-order valence-corrected chi connectivity index (χ3v) is 5.70. The van der Waals surface area contributed by atoms with E-state index in [1.54, 1.807) is 30.3 Å². The number of nitrogens with two attached hydrogens (primary N) is 1. The summed E-state index contributed by atoms with van der Waals surface area (Å²) in [5.74, 6) is 0.402. The van der Waals surface area contributed by atoms with E-state index in [9.17, 15) is 9.59 Å². The van der Waals surface area contributed by atoms with Crippen LogP contribution < -0.4 is 25.5 Å². The van der Waals surface area contributed by atoms with Crippen molar-refractivity contribution >= 4 is 29.3 Å². The van der Waals surface area contributed by atoms with Gasteiger partial charge in [0, 0.05) is 51.1 Å². The minimum absolute atomic E-state index is 0.0996. The predicted molar refractivity (Wildman–Crippen MR) is 129 cm³/mol. The molecule has 2 aliphatic heterocycles. The van der Waals surface area contributed by atoms with Crippen LogP contribution in [0.1, 0.15) is 33.6 Å². The maximum Gasteiger partial charge on any atom is 0.339 e. The maximum absolute atomic E-state index is 12.8. The average Bonchev–Trinajstić information content (AvgIpc) is 3.30. The highest BCUT2D eigenvalue weighted by Crippen LogP contribution is 2.32. The van der Waals surface area contributed by atoms with Gasteiger partial charge in [0.1, 0.15) is 22.6 Å². The van der Waals surface area contributed by atoms with Crippen molar-refractivity contribution in [1.82, 2.24) is 20.5 Å². The fraction of sp³-hybridized carbons (Fsp3) is 0.333. The first kappa shape index (κ1) is 24.5. The maximum atomic E-state index is 12.8. The van der Waals surface area contributed by atoms with E-state index in [1.807, 2.05) is 0 Å². The van der Waals surface area contributed by atoms with Gasteiger partial charge in [-0.3, -0.25) is 10.2 Å². The third kappa shape index (κ3) is 6.28. The minimum Gasteiger partial charge on any atom is -0.488 e. The number of likely N-dealkylation sites (tertiary alicyclic amines) is 1. The van der Waals surface area contributed by atoms with Gasteiger partial charge in [-0.25, -0.2) is 15.1 Å². The summed E-state index contributed by atoms with van der Waals surface area (Å²) in [5, 5.41) is 11.4. The van der Waals surface area contributed by atoms with Crippen LogP contribution in [0.3, 0.4) is 0 Å². The highest BCUT2D eigenvalue weighted by Gasteiger charge is 2.24. The number of carbonyl (C=O) groups excluding carboxylic acids is 2. The number of amidine groups is 1. The molecule has 0 spiro atoms. The first-order valence-corrected chi connectivity index (χ1v) is 11.6. The smallest absolute Gasteiger partial charge is 0.339 e. The van der Waals surface area contributed by atoms with Gasteiger partial charge in [0.2, 0.25) is 5.88 Å². The number of hydrogen-bond donors (Lipinski definition) is 3. The second-order valence-corrected chi connectivity index (χ2v) is 8.49. The number of carbonyl (C=O) groups is 2. The summed E-state index contributed by atoms with van der Waals surface area (Å²) >= 11 is 6.37. The van der Waals surface area contributed by atoms with E-state index in [1.165, 1.54) is 24.4 Å². The molecule has 2 saturated heterocycles. The molecule has 1 aromatic carbocycles. The Kier molecular flexibility index (Phi) is 7.84. The van der Waals surface area contributed by atoms with Gasteiger partial charge in [0.05, 0.1) is 24.3 Å². The number of benzene rings is 1. The van der Waals surface area contributed by atoms with Crippen molar-refractivity contribution in [3.8, 4) is 17.4 Å². The van der Waals surface area contributed by atoms with E-state index < -0.39 is 5.91 Å². The molecule has 11 heteroatoms. The van der Waals surface area contributed by atoms with E-state index in [2.05, 4.69) is 15.6 Å². The van der Waals surface area contributed by atoms with E-state index >= 15 is 0 Å². The van der Waals surface area contributed by atoms with E-state index in [0.29, 0.717) is 24.5 Å². The number of nitrogens with zero attached hydrogens (tertiary/aromatic N) is 2. The summed E-state index contributed by atoms with van der Waals surface area (Å²) in [7, 11) is 1.72. The van der Waals surface area contributed by atoms with Gasteiger partial charge < -0.3 is 24.4 Å². The zero-order valence-electron chi connectivity index (χ0n) is 19.3. The quantitative estimate of drug-likeness (QED) is 0.366. The first-order chi connectivity index (χ1) is 16.9. The number of rotatable bonds is 8. The predicted octanol–water partition coefficient (Wildman–Crippen LogP) is 1.16. The molecule has 3 heterocycles. The molecule has 0 aliphatic carbocycles. The Morgan fingerprint density at radius 2 is 2.03 bits per heavy atom. The molecular weight excluding hydrogens is 474 g/mol. The number of nitrogens with one attached hydrogen (secondary N) is 2. The van der Waals surface area contributed by atoms with Crippen molar-refractivity contribution in [2.75, 3.05) is 33.4 Å². The topological polar surface area (TPSA) is 128 Å². The average molecular weight is 501 g/mol. The van der Waals surface area contributed by atoms with E-state index in [0.717, 1.165) is 25.9 Å². The van der Waals surface area contributed by atoms with Gasteiger partial charge in [-0.15, -0.1) is 0 Å². The number of halogens is 1. The highest BCUT2D eigenvalue weighted by molar-refractivity contribution is 6.32. The molecule has 184 valence electrons. The van der Waals surface area contributed by atoms with Crippen LogP contribution in [-0.4, -0.2) is 67.0 Å². The molecule has 4 rings (SSSR count). The lowest BCUT2D eigenvalue weighted by molar-refractivity contribution is -0.115. The zero-order valence-corrected chi connectivity index (χ0v) is 20.0. The molecule has 2 aliphatic rings. The Bertz CT molecular complexity index is 1150. The Morgan fingerprint density at radius 1 is 1.23 bits per heavy atom. The van der Waals surface area contributed by atoms with Crippen molar-refractivity contribution in [3.05, 3.63) is 58.9 Å². The van der Waals surface area contributed by atoms with Crippen LogP contribution in [0.4, 0.5) is 0 Å². The molecule has 10 nitrogen and oxygen atoms in total. The Morgan fingerprint density at radius 3 is 2.69 bits per heavy atom. The van der Waals surface area contributed by atoms with Gasteiger partial charge in [-0.05, 0) is 24.6 Å². The van der Waals surface area contributed by atoms with Crippen LogP contribution in [0.15, 0.2) is 42.7 Å². The molecule has 1 atom stereocenters. The molecule has 2 amide bonds. The highest BCUT2D eigenvalue weighted by atomic mass is 35.5. The summed E-state index contributed by atoms with van der Waals surface area (Å²) in [6.07, 6.45) is 6.14.